The smallest absolute Gasteiger partial charge is 0.216 e. The van der Waals surface area contributed by atoms with Gasteiger partial charge in [-0.2, -0.15) is 0 Å². The Labute approximate surface area is 219 Å². The molecule has 7 heteroatoms. The van der Waals surface area contributed by atoms with Gasteiger partial charge in [0.1, 0.15) is 5.82 Å². The zero-order valence-corrected chi connectivity index (χ0v) is 21.5. The molecule has 4 aromatic carbocycles. The van der Waals surface area contributed by atoms with Crippen LogP contribution in [0.15, 0.2) is 121 Å². The summed E-state index contributed by atoms with van der Waals surface area (Å²) in [5.41, 5.74) is 4.71. The van der Waals surface area contributed by atoms with Crippen LogP contribution in [0.3, 0.4) is 0 Å². The van der Waals surface area contributed by atoms with Crippen LogP contribution < -0.4 is 5.09 Å². The van der Waals surface area contributed by atoms with E-state index in [2.05, 4.69) is 10.1 Å². The number of nitrogens with zero attached hydrogens (tertiary/aromatic N) is 1. The Balaban J connectivity index is 1.60. The summed E-state index contributed by atoms with van der Waals surface area (Å²) in [5, 5.41) is 3.97. The number of para-hydroxylation sites is 3. The van der Waals surface area contributed by atoms with Gasteiger partial charge in [-0.25, -0.2) is 4.98 Å². The van der Waals surface area contributed by atoms with Crippen molar-refractivity contribution in [3.63, 3.8) is 0 Å². The minimum Gasteiger partial charge on any atom is -0.338 e. The van der Waals surface area contributed by atoms with Crippen molar-refractivity contribution in [2.75, 3.05) is 5.09 Å². The summed E-state index contributed by atoms with van der Waals surface area (Å²) < 4.78 is 14.4. The molecule has 5 aromatic rings. The minimum absolute atomic E-state index is 0.362. The number of aromatic amines is 1. The van der Waals surface area contributed by atoms with Gasteiger partial charge in [0.25, 0.3) is 0 Å². The van der Waals surface area contributed by atoms with Crippen molar-refractivity contribution >= 4 is 57.3 Å². The second kappa shape index (κ2) is 10.6. The van der Waals surface area contributed by atoms with Crippen molar-refractivity contribution in [3.8, 4) is 11.4 Å². The molecule has 0 saturated carbocycles. The van der Waals surface area contributed by atoms with Crippen LogP contribution in [0.5, 0.6) is 0 Å². The summed E-state index contributed by atoms with van der Waals surface area (Å²) >= 11 is 13.3. The van der Waals surface area contributed by atoms with Crippen LogP contribution in [0.25, 0.3) is 32.5 Å². The highest BCUT2D eigenvalue weighted by Crippen LogP contribution is 2.54. The van der Waals surface area contributed by atoms with E-state index in [1.165, 1.54) is 0 Å². The van der Waals surface area contributed by atoms with Crippen molar-refractivity contribution in [3.05, 3.63) is 132 Å². The normalized spacial score (nSPS) is 13.9. The number of halogens is 2. The average molecular weight is 530 g/mol. The molecule has 4 nitrogen and oxygen atoms in total. The Hall–Kier alpha value is -3.56. The van der Waals surface area contributed by atoms with Gasteiger partial charge in [0.2, 0.25) is 7.29 Å². The molecule has 0 aliphatic rings. The predicted molar refractivity (Wildman–Crippen MR) is 153 cm³/mol. The average Bonchev–Trinajstić information content (AvgIpc) is 3.34. The first-order valence-corrected chi connectivity index (χ1v) is 13.9. The van der Waals surface area contributed by atoms with Crippen LogP contribution in [-0.2, 0) is 4.57 Å². The van der Waals surface area contributed by atoms with Gasteiger partial charge in [0.05, 0.1) is 26.8 Å². The van der Waals surface area contributed by atoms with Gasteiger partial charge in [0.15, 0.2) is 0 Å². The van der Waals surface area contributed by atoms with Gasteiger partial charge in [-0.15, -0.1) is 0 Å². The van der Waals surface area contributed by atoms with E-state index in [4.69, 9.17) is 28.2 Å². The molecule has 0 bridgehead atoms. The van der Waals surface area contributed by atoms with Gasteiger partial charge in [0, 0.05) is 17.2 Å². The summed E-state index contributed by atoms with van der Waals surface area (Å²) in [7, 11) is -3.45. The fraction of sp³-hybridized carbons (Fsp3) is 0. The topological polar surface area (TPSA) is 57.8 Å². The second-order valence-electron chi connectivity index (χ2n) is 8.16. The summed E-state index contributed by atoms with van der Waals surface area (Å²) in [5.74, 6) is 3.76. The molecular weight excluding hydrogens is 508 g/mol. The molecule has 36 heavy (non-hydrogen) atoms. The lowest BCUT2D eigenvalue weighted by molar-refractivity contribution is 0.589. The first-order valence-electron chi connectivity index (χ1n) is 11.3. The lowest BCUT2D eigenvalue weighted by Crippen LogP contribution is -1.97. The number of fused-ring (bicyclic) bond motifs is 1. The Morgan fingerprint density at radius 2 is 1.25 bits per heavy atom. The number of nitrogens with one attached hydrogen (secondary N) is 2. The predicted octanol–water partition coefficient (Wildman–Crippen LogP) is 9.39. The molecule has 0 amide bonds. The molecule has 1 heterocycles. The molecule has 178 valence electrons. The Kier molecular flexibility index (Phi) is 7.11. The molecule has 0 radical (unpaired) electrons. The van der Waals surface area contributed by atoms with Crippen molar-refractivity contribution in [1.29, 1.82) is 0 Å². The van der Waals surface area contributed by atoms with Crippen molar-refractivity contribution in [2.45, 2.75) is 0 Å². The number of hydrogen-bond acceptors (Lipinski definition) is 2. The number of benzene rings is 4. The monoisotopic (exact) mass is 529 g/mol. The van der Waals surface area contributed by atoms with E-state index in [0.717, 1.165) is 27.7 Å². The number of rotatable bonds is 7. The molecule has 2 N–H and O–H groups in total. The van der Waals surface area contributed by atoms with Crippen molar-refractivity contribution < 1.29 is 4.57 Å². The van der Waals surface area contributed by atoms with Gasteiger partial charge < -0.3 is 10.1 Å². The Morgan fingerprint density at radius 1 is 0.722 bits per heavy atom. The zero-order chi connectivity index (χ0) is 25.0. The third-order valence-electron chi connectivity index (χ3n) is 5.58. The van der Waals surface area contributed by atoms with Crippen LogP contribution in [0.2, 0.25) is 0 Å². The molecule has 0 aliphatic carbocycles. The molecule has 0 saturated heterocycles. The van der Waals surface area contributed by atoms with Crippen LogP contribution in [0.1, 0.15) is 11.1 Å². The number of anilines is 1. The second-order valence-corrected chi connectivity index (χ2v) is 11.1. The van der Waals surface area contributed by atoms with E-state index in [0.29, 0.717) is 21.6 Å². The molecule has 1 atom stereocenters. The zero-order valence-electron chi connectivity index (χ0n) is 19.1. The highest BCUT2D eigenvalue weighted by atomic mass is 35.5. The number of hydrogen-bond donors (Lipinski definition) is 2. The van der Waals surface area contributed by atoms with E-state index in [1.807, 2.05) is 109 Å². The maximum Gasteiger partial charge on any atom is 0.216 e. The van der Waals surface area contributed by atoms with Crippen molar-refractivity contribution in [2.24, 2.45) is 0 Å². The highest BCUT2D eigenvalue weighted by molar-refractivity contribution is 7.72. The summed E-state index contributed by atoms with van der Waals surface area (Å²) in [6.07, 6.45) is 0. The molecule has 0 fully saturated rings. The van der Waals surface area contributed by atoms with Crippen LogP contribution in [0.4, 0.5) is 5.69 Å². The number of imidazole rings is 1. The molecule has 0 spiro atoms. The SMILES string of the molecule is O=P(C=C(Cl)c1ccccc1)(/C=C(/Cl)c1ccccc1)Nc1ccccc1-c1nc2ccccc2[nH]1. The van der Waals surface area contributed by atoms with Crippen LogP contribution in [-0.4, -0.2) is 9.97 Å². The third kappa shape index (κ3) is 5.47. The minimum atomic E-state index is -3.45. The number of H-pyrrole nitrogens is 1. The maximum atomic E-state index is 14.4. The van der Waals surface area contributed by atoms with Gasteiger partial charge in [-0.05, 0) is 35.4 Å². The first-order chi connectivity index (χ1) is 17.5. The lowest BCUT2D eigenvalue weighted by Gasteiger charge is -2.18. The van der Waals surface area contributed by atoms with E-state index >= 15 is 0 Å². The molecule has 5 rings (SSSR count). The fourth-order valence-electron chi connectivity index (χ4n) is 3.84. The van der Waals surface area contributed by atoms with Gasteiger partial charge >= 0.3 is 0 Å². The standard InChI is InChI=1S/C29H22Cl2N3OP/c30-24(21-11-3-1-4-12-21)19-36(35,20-25(31)22-13-5-2-6-14-22)34-26-16-8-7-15-23(26)29-32-27-17-9-10-18-28(27)33-29/h1-20H,(H,32,33)(H,34,35)/b24-19+,25-20?. The van der Waals surface area contributed by atoms with E-state index in [-0.39, 0.29) is 0 Å². The number of aromatic nitrogens is 2. The largest absolute Gasteiger partial charge is 0.338 e. The molecule has 1 aromatic heterocycles. The van der Waals surface area contributed by atoms with E-state index in [9.17, 15) is 4.57 Å². The van der Waals surface area contributed by atoms with Crippen molar-refractivity contribution in [1.82, 2.24) is 9.97 Å². The molecular formula is C29H22Cl2N3OP. The maximum absolute atomic E-state index is 14.4. The summed E-state index contributed by atoms with van der Waals surface area (Å²) in [6.45, 7) is 0. The lowest BCUT2D eigenvalue weighted by atomic mass is 10.2. The summed E-state index contributed by atoms with van der Waals surface area (Å²) in [6, 6.07) is 34.2. The van der Waals surface area contributed by atoms with Crippen LogP contribution in [0, 0.1) is 0 Å². The van der Waals surface area contributed by atoms with Gasteiger partial charge in [-0.1, -0.05) is 108 Å². The fourth-order valence-corrected chi connectivity index (χ4v) is 6.71. The van der Waals surface area contributed by atoms with Gasteiger partial charge in [-0.3, -0.25) is 4.57 Å². The first kappa shape index (κ1) is 24.1. The quantitative estimate of drug-likeness (QED) is 0.206. The Bertz CT molecular complexity index is 1520. The van der Waals surface area contributed by atoms with E-state index in [1.54, 1.807) is 11.6 Å². The van der Waals surface area contributed by atoms with Crippen LogP contribution >= 0.6 is 30.5 Å². The molecule has 0 aliphatic heterocycles. The summed E-state index contributed by atoms with van der Waals surface area (Å²) in [4.78, 5) is 8.07. The highest BCUT2D eigenvalue weighted by Gasteiger charge is 2.22. The third-order valence-corrected chi connectivity index (χ3v) is 8.41. The van der Waals surface area contributed by atoms with E-state index < -0.39 is 7.29 Å². The Morgan fingerprint density at radius 3 is 1.86 bits per heavy atom. The molecule has 1 unspecified atom stereocenters.